The van der Waals surface area contributed by atoms with Gasteiger partial charge < -0.3 is 14.8 Å². The number of sulfonamides is 1. The zero-order valence-electron chi connectivity index (χ0n) is 12.7. The van der Waals surface area contributed by atoms with Gasteiger partial charge in [-0.05, 0) is 25.1 Å². The Morgan fingerprint density at radius 2 is 2.25 bits per heavy atom. The lowest BCUT2D eigenvalue weighted by molar-refractivity contribution is -0.138. The summed E-state index contributed by atoms with van der Waals surface area (Å²) in [5.41, 5.74) is 0.504. The van der Waals surface area contributed by atoms with Crippen molar-refractivity contribution < 1.29 is 23.1 Å². The molecule has 3 N–H and O–H groups in total. The topological polar surface area (TPSA) is 121 Å². The van der Waals surface area contributed by atoms with Crippen molar-refractivity contribution in [2.75, 3.05) is 6.61 Å². The number of rotatable bonds is 8. The molecule has 1 atom stereocenters. The maximum Gasteiger partial charge on any atom is 0.322 e. The molecular formula is C14H16BrN3O5S. The van der Waals surface area contributed by atoms with E-state index in [9.17, 15) is 18.3 Å². The van der Waals surface area contributed by atoms with Crippen LogP contribution in [-0.2, 0) is 21.2 Å². The highest BCUT2D eigenvalue weighted by Crippen LogP contribution is 2.27. The fourth-order valence-electron chi connectivity index (χ4n) is 2.01. The number of hydrogen-bond donors (Lipinski definition) is 3. The highest BCUT2D eigenvalue weighted by molar-refractivity contribution is 9.10. The SMILES string of the molecule is CCOc1ccc(Br)cc1S(=O)(=O)N[C@@H](Cc1cnc[nH]1)C(=O)O. The molecule has 1 aromatic heterocycles. The van der Waals surface area contributed by atoms with Gasteiger partial charge in [0.15, 0.2) is 0 Å². The standard InChI is InChI=1S/C14H16BrN3O5S/c1-2-23-12-4-3-9(15)5-13(12)24(21,22)18-11(14(19)20)6-10-7-16-8-17-10/h3-5,7-8,11,18H,2,6H2,1H3,(H,16,17)(H,19,20)/t11-/m0/s1. The molecular weight excluding hydrogens is 402 g/mol. The molecule has 0 unspecified atom stereocenters. The molecule has 8 nitrogen and oxygen atoms in total. The van der Waals surface area contributed by atoms with Crippen LogP contribution < -0.4 is 9.46 Å². The quantitative estimate of drug-likeness (QED) is 0.598. The van der Waals surface area contributed by atoms with Crippen molar-refractivity contribution in [2.45, 2.75) is 24.3 Å². The molecule has 0 saturated heterocycles. The van der Waals surface area contributed by atoms with Crippen LogP contribution >= 0.6 is 15.9 Å². The lowest BCUT2D eigenvalue weighted by Gasteiger charge is -2.16. The first-order valence-electron chi connectivity index (χ1n) is 6.98. The Morgan fingerprint density at radius 3 is 2.83 bits per heavy atom. The number of carbonyl (C=O) groups is 1. The third-order valence-corrected chi connectivity index (χ3v) is 5.06. The van der Waals surface area contributed by atoms with Crippen molar-refractivity contribution >= 4 is 31.9 Å². The number of imidazole rings is 1. The van der Waals surface area contributed by atoms with E-state index in [1.54, 1.807) is 13.0 Å². The molecule has 10 heteroatoms. The Hall–Kier alpha value is -1.91. The normalized spacial score (nSPS) is 12.8. The number of aliphatic carboxylic acids is 1. The second kappa shape index (κ2) is 7.77. The van der Waals surface area contributed by atoms with Gasteiger partial charge in [0, 0.05) is 22.8 Å². The Balaban J connectivity index is 2.31. The van der Waals surface area contributed by atoms with Gasteiger partial charge in [-0.15, -0.1) is 0 Å². The minimum Gasteiger partial charge on any atom is -0.492 e. The first kappa shape index (κ1) is 18.4. The summed E-state index contributed by atoms with van der Waals surface area (Å²) in [4.78, 5) is 17.8. The fraction of sp³-hybridized carbons (Fsp3) is 0.286. The number of benzene rings is 1. The maximum absolute atomic E-state index is 12.6. The summed E-state index contributed by atoms with van der Waals surface area (Å²) in [5, 5.41) is 9.31. The third-order valence-electron chi connectivity index (χ3n) is 3.07. The van der Waals surface area contributed by atoms with Gasteiger partial charge in [0.2, 0.25) is 10.0 Å². The van der Waals surface area contributed by atoms with E-state index in [2.05, 4.69) is 30.6 Å². The number of ether oxygens (including phenoxy) is 1. The summed E-state index contributed by atoms with van der Waals surface area (Å²) in [6, 6.07) is 3.17. The summed E-state index contributed by atoms with van der Waals surface area (Å²) in [6.45, 7) is 2.00. The van der Waals surface area contributed by atoms with Crippen LogP contribution in [0.5, 0.6) is 5.75 Å². The average Bonchev–Trinajstić information content (AvgIpc) is 3.01. The van der Waals surface area contributed by atoms with E-state index < -0.39 is 22.0 Å². The summed E-state index contributed by atoms with van der Waals surface area (Å²) in [5.74, 6) is -1.14. The summed E-state index contributed by atoms with van der Waals surface area (Å²) in [7, 11) is -4.10. The molecule has 0 amide bonds. The van der Waals surface area contributed by atoms with Gasteiger partial charge in [-0.3, -0.25) is 4.79 Å². The van der Waals surface area contributed by atoms with E-state index in [1.165, 1.54) is 24.7 Å². The van der Waals surface area contributed by atoms with E-state index in [1.807, 2.05) is 0 Å². The number of hydrogen-bond acceptors (Lipinski definition) is 5. The summed E-state index contributed by atoms with van der Waals surface area (Å²) >= 11 is 3.21. The van der Waals surface area contributed by atoms with Crippen molar-refractivity contribution in [3.63, 3.8) is 0 Å². The molecule has 0 aliphatic heterocycles. The molecule has 0 aliphatic rings. The van der Waals surface area contributed by atoms with Crippen molar-refractivity contribution in [1.29, 1.82) is 0 Å². The number of H-pyrrole nitrogens is 1. The summed E-state index contributed by atoms with van der Waals surface area (Å²) in [6.07, 6.45) is 2.77. The van der Waals surface area contributed by atoms with Crippen molar-refractivity contribution in [3.8, 4) is 5.75 Å². The molecule has 0 saturated carbocycles. The Kier molecular flexibility index (Phi) is 5.97. The first-order valence-corrected chi connectivity index (χ1v) is 9.26. The Morgan fingerprint density at radius 1 is 1.50 bits per heavy atom. The number of nitrogens with zero attached hydrogens (tertiary/aromatic N) is 1. The van der Waals surface area contributed by atoms with Crippen LogP contribution in [0.1, 0.15) is 12.6 Å². The van der Waals surface area contributed by atoms with Gasteiger partial charge in [-0.25, -0.2) is 13.4 Å². The zero-order valence-corrected chi connectivity index (χ0v) is 15.1. The van der Waals surface area contributed by atoms with Crippen LogP contribution in [0.15, 0.2) is 40.1 Å². The molecule has 2 rings (SSSR count). The number of aromatic nitrogens is 2. The highest BCUT2D eigenvalue weighted by atomic mass is 79.9. The second-order valence-corrected chi connectivity index (χ2v) is 7.42. The maximum atomic E-state index is 12.6. The number of carboxylic acid groups (broad SMARTS) is 1. The van der Waals surface area contributed by atoms with Crippen LogP contribution in [0.2, 0.25) is 0 Å². The third kappa shape index (κ3) is 4.56. The van der Waals surface area contributed by atoms with E-state index >= 15 is 0 Å². The highest BCUT2D eigenvalue weighted by Gasteiger charge is 2.28. The predicted octanol–water partition coefficient (Wildman–Crippen LogP) is 1.55. The summed E-state index contributed by atoms with van der Waals surface area (Å²) < 4.78 is 33.3. The molecule has 1 aromatic carbocycles. The molecule has 0 fully saturated rings. The second-order valence-electron chi connectivity index (χ2n) is 4.82. The molecule has 0 radical (unpaired) electrons. The largest absolute Gasteiger partial charge is 0.492 e. The van der Waals surface area contributed by atoms with Crippen molar-refractivity contribution in [1.82, 2.24) is 14.7 Å². The van der Waals surface area contributed by atoms with Crippen LogP contribution in [0.4, 0.5) is 0 Å². The molecule has 2 aromatic rings. The number of nitrogens with one attached hydrogen (secondary N) is 2. The Bertz CT molecular complexity index is 808. The molecule has 0 aliphatic carbocycles. The number of aromatic amines is 1. The van der Waals surface area contributed by atoms with Crippen LogP contribution in [-0.4, -0.2) is 42.1 Å². The van der Waals surface area contributed by atoms with Crippen molar-refractivity contribution in [2.24, 2.45) is 0 Å². The van der Waals surface area contributed by atoms with Gasteiger partial charge in [0.25, 0.3) is 0 Å². The van der Waals surface area contributed by atoms with E-state index in [0.29, 0.717) is 10.2 Å². The lowest BCUT2D eigenvalue weighted by atomic mass is 10.2. The molecule has 0 spiro atoms. The number of carboxylic acids is 1. The molecule has 1 heterocycles. The zero-order chi connectivity index (χ0) is 17.7. The molecule has 130 valence electrons. The van der Waals surface area contributed by atoms with Gasteiger partial charge in [0.05, 0.1) is 12.9 Å². The fourth-order valence-corrected chi connectivity index (χ4v) is 3.89. The van der Waals surface area contributed by atoms with E-state index in [4.69, 9.17) is 4.74 Å². The van der Waals surface area contributed by atoms with E-state index in [0.717, 1.165) is 0 Å². The predicted molar refractivity (Wildman–Crippen MR) is 89.3 cm³/mol. The minimum absolute atomic E-state index is 0.0630. The van der Waals surface area contributed by atoms with Gasteiger partial charge >= 0.3 is 5.97 Å². The van der Waals surface area contributed by atoms with Crippen LogP contribution in [0.3, 0.4) is 0 Å². The van der Waals surface area contributed by atoms with Gasteiger partial charge in [-0.1, -0.05) is 15.9 Å². The molecule has 24 heavy (non-hydrogen) atoms. The first-order chi connectivity index (χ1) is 11.3. The van der Waals surface area contributed by atoms with Gasteiger partial charge in [0.1, 0.15) is 16.7 Å². The van der Waals surface area contributed by atoms with Crippen LogP contribution in [0, 0.1) is 0 Å². The van der Waals surface area contributed by atoms with Crippen LogP contribution in [0.25, 0.3) is 0 Å². The molecule has 0 bridgehead atoms. The minimum atomic E-state index is -4.10. The lowest BCUT2D eigenvalue weighted by Crippen LogP contribution is -2.42. The number of halogens is 1. The van der Waals surface area contributed by atoms with Gasteiger partial charge in [-0.2, -0.15) is 4.72 Å². The monoisotopic (exact) mass is 417 g/mol. The van der Waals surface area contributed by atoms with Crippen molar-refractivity contribution in [3.05, 3.63) is 40.9 Å². The average molecular weight is 418 g/mol. The Labute approximate surface area is 147 Å². The smallest absolute Gasteiger partial charge is 0.322 e. The van der Waals surface area contributed by atoms with E-state index in [-0.39, 0.29) is 23.7 Å².